The molecule has 1 heterocycles. The first-order valence-electron chi connectivity index (χ1n) is 6.71. The zero-order valence-electron chi connectivity index (χ0n) is 12.1. The van der Waals surface area contributed by atoms with Crippen molar-refractivity contribution in [1.82, 2.24) is 9.66 Å². The van der Waals surface area contributed by atoms with E-state index in [9.17, 15) is 9.59 Å². The van der Waals surface area contributed by atoms with Gasteiger partial charge < -0.3 is 0 Å². The number of benzene rings is 2. The van der Waals surface area contributed by atoms with Crippen molar-refractivity contribution >= 4 is 40.2 Å². The third-order valence-electron chi connectivity index (χ3n) is 3.31. The summed E-state index contributed by atoms with van der Waals surface area (Å²) in [6.45, 7) is 0. The molecular weight excluding hydrogens is 334 g/mol. The van der Waals surface area contributed by atoms with Gasteiger partial charge in [0.25, 0.3) is 11.5 Å². The number of amides is 1. The normalized spacial score (nSPS) is 10.7. The first kappa shape index (κ1) is 15.6. The van der Waals surface area contributed by atoms with Crippen molar-refractivity contribution in [2.45, 2.75) is 4.90 Å². The second-order valence-electron chi connectivity index (χ2n) is 4.72. The minimum absolute atomic E-state index is 0.304. The van der Waals surface area contributed by atoms with Gasteiger partial charge in [-0.2, -0.15) is 0 Å². The molecule has 1 N–H and O–H groups in total. The lowest BCUT2D eigenvalue weighted by Crippen LogP contribution is -2.33. The van der Waals surface area contributed by atoms with Crippen LogP contribution in [0.1, 0.15) is 10.4 Å². The molecule has 0 saturated carbocycles. The lowest BCUT2D eigenvalue weighted by molar-refractivity contribution is 0.101. The minimum Gasteiger partial charge on any atom is -0.267 e. The Morgan fingerprint density at radius 1 is 1.26 bits per heavy atom. The van der Waals surface area contributed by atoms with E-state index in [1.54, 1.807) is 36.4 Å². The minimum atomic E-state index is -0.468. The summed E-state index contributed by atoms with van der Waals surface area (Å²) in [4.78, 5) is 29.8. The van der Waals surface area contributed by atoms with Gasteiger partial charge in [-0.15, -0.1) is 11.8 Å². The van der Waals surface area contributed by atoms with Crippen molar-refractivity contribution in [3.8, 4) is 0 Å². The van der Waals surface area contributed by atoms with Gasteiger partial charge in [-0.25, -0.2) is 9.66 Å². The van der Waals surface area contributed by atoms with Gasteiger partial charge in [0.1, 0.15) is 6.33 Å². The molecule has 0 unspecified atom stereocenters. The van der Waals surface area contributed by atoms with Crippen molar-refractivity contribution < 1.29 is 4.79 Å². The molecule has 1 amide bonds. The summed E-state index contributed by atoms with van der Waals surface area (Å²) < 4.78 is 1.06. The fraction of sp³-hybridized carbons (Fsp3) is 0.0625. The lowest BCUT2D eigenvalue weighted by Gasteiger charge is -2.10. The van der Waals surface area contributed by atoms with Crippen LogP contribution >= 0.6 is 23.4 Å². The summed E-state index contributed by atoms with van der Waals surface area (Å²) in [5.74, 6) is -0.468. The van der Waals surface area contributed by atoms with Crippen LogP contribution in [-0.2, 0) is 0 Å². The maximum absolute atomic E-state index is 12.4. The van der Waals surface area contributed by atoms with Crippen LogP contribution in [0.25, 0.3) is 10.9 Å². The fourth-order valence-corrected chi connectivity index (χ4v) is 2.77. The highest BCUT2D eigenvalue weighted by Crippen LogP contribution is 2.23. The number of fused-ring (bicyclic) bond motifs is 1. The SMILES string of the molecule is CSc1ccc(Cl)c(C(=O)Nn2cnc3ccccc3c2=O)c1. The molecule has 1 aromatic heterocycles. The fourth-order valence-electron chi connectivity index (χ4n) is 2.12. The summed E-state index contributed by atoms with van der Waals surface area (Å²) in [6, 6.07) is 12.1. The van der Waals surface area contributed by atoms with Crippen molar-refractivity contribution in [1.29, 1.82) is 0 Å². The molecule has 0 atom stereocenters. The summed E-state index contributed by atoms with van der Waals surface area (Å²) >= 11 is 7.58. The Hall–Kier alpha value is -2.31. The molecule has 0 aliphatic heterocycles. The van der Waals surface area contributed by atoms with Crippen LogP contribution in [0.15, 0.2) is 58.5 Å². The van der Waals surface area contributed by atoms with E-state index < -0.39 is 5.91 Å². The largest absolute Gasteiger partial charge is 0.280 e. The Morgan fingerprint density at radius 2 is 2.04 bits per heavy atom. The average molecular weight is 346 g/mol. The van der Waals surface area contributed by atoms with Crippen LogP contribution in [-0.4, -0.2) is 21.8 Å². The van der Waals surface area contributed by atoms with E-state index >= 15 is 0 Å². The maximum atomic E-state index is 12.4. The van der Waals surface area contributed by atoms with E-state index in [-0.39, 0.29) is 5.56 Å². The lowest BCUT2D eigenvalue weighted by atomic mass is 10.2. The van der Waals surface area contributed by atoms with Crippen LogP contribution in [0.2, 0.25) is 5.02 Å². The Kier molecular flexibility index (Phi) is 4.36. The number of aromatic nitrogens is 2. The van der Waals surface area contributed by atoms with Crippen molar-refractivity contribution in [3.63, 3.8) is 0 Å². The van der Waals surface area contributed by atoms with Crippen LogP contribution in [0, 0.1) is 0 Å². The monoisotopic (exact) mass is 345 g/mol. The van der Waals surface area contributed by atoms with Crippen LogP contribution in [0.4, 0.5) is 0 Å². The van der Waals surface area contributed by atoms with E-state index in [2.05, 4.69) is 10.4 Å². The molecule has 0 aliphatic rings. The average Bonchev–Trinajstić information content (AvgIpc) is 2.58. The highest BCUT2D eigenvalue weighted by molar-refractivity contribution is 7.98. The number of carbonyl (C=O) groups excluding carboxylic acids is 1. The van der Waals surface area contributed by atoms with Gasteiger partial charge >= 0.3 is 0 Å². The van der Waals surface area contributed by atoms with E-state index in [1.165, 1.54) is 18.1 Å². The van der Waals surface area contributed by atoms with Crippen LogP contribution < -0.4 is 11.0 Å². The number of hydrogen-bond donors (Lipinski definition) is 1. The molecule has 5 nitrogen and oxygen atoms in total. The summed E-state index contributed by atoms with van der Waals surface area (Å²) in [5.41, 5.74) is 3.05. The van der Waals surface area contributed by atoms with E-state index in [4.69, 9.17) is 11.6 Å². The molecule has 23 heavy (non-hydrogen) atoms. The number of nitrogens with zero attached hydrogens (tertiary/aromatic N) is 2. The number of thioether (sulfide) groups is 1. The number of para-hydroxylation sites is 1. The van der Waals surface area contributed by atoms with Crippen LogP contribution in [0.5, 0.6) is 0 Å². The van der Waals surface area contributed by atoms with Gasteiger partial charge in [0.2, 0.25) is 0 Å². The van der Waals surface area contributed by atoms with E-state index in [0.717, 1.165) is 9.57 Å². The van der Waals surface area contributed by atoms with Gasteiger partial charge in [0.05, 0.1) is 21.5 Å². The number of rotatable bonds is 3. The van der Waals surface area contributed by atoms with Gasteiger partial charge in [0.15, 0.2) is 0 Å². The highest BCUT2D eigenvalue weighted by atomic mass is 35.5. The number of nitrogens with one attached hydrogen (secondary N) is 1. The molecular formula is C16H12ClN3O2S. The van der Waals surface area contributed by atoms with Gasteiger partial charge in [-0.1, -0.05) is 23.7 Å². The summed E-state index contributed by atoms with van der Waals surface area (Å²) in [5, 5.41) is 0.751. The molecule has 116 valence electrons. The quantitative estimate of drug-likeness (QED) is 0.741. The first-order chi connectivity index (χ1) is 11.1. The molecule has 7 heteroatoms. The Balaban J connectivity index is 1.98. The Labute approximate surface area is 141 Å². The molecule has 3 rings (SSSR count). The topological polar surface area (TPSA) is 64.0 Å². The molecule has 0 bridgehead atoms. The van der Waals surface area contributed by atoms with Crippen molar-refractivity contribution in [3.05, 3.63) is 69.7 Å². The molecule has 0 spiro atoms. The second-order valence-corrected chi connectivity index (χ2v) is 6.01. The first-order valence-corrected chi connectivity index (χ1v) is 8.31. The zero-order valence-corrected chi connectivity index (χ0v) is 13.7. The Bertz CT molecular complexity index is 955. The van der Waals surface area contributed by atoms with E-state index in [0.29, 0.717) is 21.5 Å². The second kappa shape index (κ2) is 6.44. The number of carbonyl (C=O) groups is 1. The molecule has 0 aliphatic carbocycles. The van der Waals surface area contributed by atoms with Crippen molar-refractivity contribution in [2.24, 2.45) is 0 Å². The number of hydrogen-bond acceptors (Lipinski definition) is 4. The zero-order chi connectivity index (χ0) is 16.4. The standard InChI is InChI=1S/C16H12ClN3O2S/c1-23-10-6-7-13(17)12(8-10)15(21)19-20-9-18-14-5-3-2-4-11(14)16(20)22/h2-9H,1H3,(H,19,21). The molecule has 0 radical (unpaired) electrons. The van der Waals surface area contributed by atoms with E-state index in [1.807, 2.05) is 12.3 Å². The third-order valence-corrected chi connectivity index (χ3v) is 4.36. The molecule has 0 saturated heterocycles. The van der Waals surface area contributed by atoms with Gasteiger partial charge in [-0.05, 0) is 36.6 Å². The number of halogens is 1. The predicted octanol–water partition coefficient (Wildman–Crippen LogP) is 3.16. The third kappa shape index (κ3) is 3.09. The highest BCUT2D eigenvalue weighted by Gasteiger charge is 2.13. The van der Waals surface area contributed by atoms with Crippen LogP contribution in [0.3, 0.4) is 0 Å². The molecule has 2 aromatic carbocycles. The smallest absolute Gasteiger partial charge is 0.267 e. The van der Waals surface area contributed by atoms with Crippen molar-refractivity contribution in [2.75, 3.05) is 11.7 Å². The van der Waals surface area contributed by atoms with Gasteiger partial charge in [-0.3, -0.25) is 15.0 Å². The molecule has 0 fully saturated rings. The van der Waals surface area contributed by atoms with Gasteiger partial charge in [0, 0.05) is 4.90 Å². The molecule has 3 aromatic rings. The Morgan fingerprint density at radius 3 is 2.83 bits per heavy atom. The summed E-state index contributed by atoms with van der Waals surface area (Å²) in [6.07, 6.45) is 3.19. The summed E-state index contributed by atoms with van der Waals surface area (Å²) in [7, 11) is 0. The predicted molar refractivity (Wildman–Crippen MR) is 92.9 cm³/mol. The maximum Gasteiger partial charge on any atom is 0.280 e.